The molecule has 0 aromatic heterocycles. The van der Waals surface area contributed by atoms with Crippen LogP contribution in [0.15, 0.2) is 12.1 Å². The summed E-state index contributed by atoms with van der Waals surface area (Å²) in [6.45, 7) is 1.95. The van der Waals surface area contributed by atoms with E-state index in [0.29, 0.717) is 12.1 Å². The Bertz CT molecular complexity index is 483. The maximum Gasteiger partial charge on any atom is 0.161 e. The fourth-order valence-electron chi connectivity index (χ4n) is 3.44. The summed E-state index contributed by atoms with van der Waals surface area (Å²) in [5.74, 6) is 1.63. The molecule has 0 aliphatic carbocycles. The van der Waals surface area contributed by atoms with Gasteiger partial charge < -0.3 is 14.2 Å². The second-order valence-electron chi connectivity index (χ2n) is 5.63. The lowest BCUT2D eigenvalue weighted by molar-refractivity contribution is 0.0286. The van der Waals surface area contributed by atoms with Gasteiger partial charge in [-0.2, -0.15) is 0 Å². The van der Waals surface area contributed by atoms with E-state index in [2.05, 4.69) is 24.1 Å². The molecular weight excluding hydrogens is 254 g/mol. The predicted octanol–water partition coefficient (Wildman–Crippen LogP) is 2.41. The molecule has 1 aromatic rings. The molecule has 2 heterocycles. The van der Waals surface area contributed by atoms with E-state index in [0.717, 1.165) is 43.9 Å². The summed E-state index contributed by atoms with van der Waals surface area (Å²) >= 11 is 0. The monoisotopic (exact) mass is 277 g/mol. The van der Waals surface area contributed by atoms with Crippen LogP contribution in [0.1, 0.15) is 30.0 Å². The van der Waals surface area contributed by atoms with Gasteiger partial charge in [0.1, 0.15) is 0 Å². The topological polar surface area (TPSA) is 30.9 Å². The van der Waals surface area contributed by atoms with Gasteiger partial charge in [-0.25, -0.2) is 0 Å². The molecule has 0 spiro atoms. The van der Waals surface area contributed by atoms with Crippen molar-refractivity contribution < 1.29 is 14.2 Å². The average molecular weight is 277 g/mol. The number of benzene rings is 1. The van der Waals surface area contributed by atoms with E-state index < -0.39 is 0 Å². The first-order valence-electron chi connectivity index (χ1n) is 7.31. The fourth-order valence-corrected chi connectivity index (χ4v) is 3.44. The van der Waals surface area contributed by atoms with Crippen molar-refractivity contribution >= 4 is 0 Å². The van der Waals surface area contributed by atoms with Crippen LogP contribution >= 0.6 is 0 Å². The normalized spacial score (nSPS) is 26.4. The molecule has 20 heavy (non-hydrogen) atoms. The highest BCUT2D eigenvalue weighted by molar-refractivity contribution is 5.49. The maximum atomic E-state index is 5.94. The number of fused-ring (bicyclic) bond motifs is 1. The molecule has 2 aliphatic heterocycles. The number of methoxy groups -OCH3 is 2. The number of nitrogens with zero attached hydrogens (tertiary/aromatic N) is 1. The van der Waals surface area contributed by atoms with Crippen molar-refractivity contribution in [2.45, 2.75) is 31.4 Å². The van der Waals surface area contributed by atoms with Gasteiger partial charge >= 0.3 is 0 Å². The van der Waals surface area contributed by atoms with Gasteiger partial charge in [0.2, 0.25) is 0 Å². The van der Waals surface area contributed by atoms with Crippen LogP contribution in [0.2, 0.25) is 0 Å². The molecule has 1 aromatic carbocycles. The lowest BCUT2D eigenvalue weighted by atomic mass is 9.88. The number of ether oxygens (including phenoxy) is 3. The lowest BCUT2D eigenvalue weighted by Gasteiger charge is -2.38. The van der Waals surface area contributed by atoms with E-state index in [-0.39, 0.29) is 0 Å². The Labute approximate surface area is 120 Å². The molecule has 0 bridgehead atoms. The van der Waals surface area contributed by atoms with Gasteiger partial charge in [-0.15, -0.1) is 0 Å². The third-order valence-electron chi connectivity index (χ3n) is 4.49. The molecule has 3 rings (SSSR count). The van der Waals surface area contributed by atoms with E-state index in [1.807, 2.05) is 0 Å². The van der Waals surface area contributed by atoms with Gasteiger partial charge in [0, 0.05) is 13.2 Å². The van der Waals surface area contributed by atoms with E-state index >= 15 is 0 Å². The smallest absolute Gasteiger partial charge is 0.161 e. The van der Waals surface area contributed by atoms with Crippen molar-refractivity contribution in [1.82, 2.24) is 4.90 Å². The fraction of sp³-hybridized carbons (Fsp3) is 0.625. The Morgan fingerprint density at radius 1 is 1.20 bits per heavy atom. The van der Waals surface area contributed by atoms with Gasteiger partial charge in [-0.05, 0) is 49.6 Å². The van der Waals surface area contributed by atoms with Gasteiger partial charge in [0.15, 0.2) is 11.5 Å². The quantitative estimate of drug-likeness (QED) is 0.849. The summed E-state index contributed by atoms with van der Waals surface area (Å²) in [5, 5.41) is 0. The van der Waals surface area contributed by atoms with Gasteiger partial charge in [0.05, 0.1) is 26.4 Å². The van der Waals surface area contributed by atoms with Crippen LogP contribution in [0.5, 0.6) is 11.5 Å². The van der Waals surface area contributed by atoms with Crippen LogP contribution in [0.3, 0.4) is 0 Å². The van der Waals surface area contributed by atoms with Crippen LogP contribution in [-0.4, -0.2) is 45.4 Å². The van der Waals surface area contributed by atoms with E-state index in [4.69, 9.17) is 14.2 Å². The maximum absolute atomic E-state index is 5.94. The Morgan fingerprint density at radius 3 is 2.60 bits per heavy atom. The Morgan fingerprint density at radius 2 is 1.95 bits per heavy atom. The summed E-state index contributed by atoms with van der Waals surface area (Å²) in [7, 11) is 5.57. The van der Waals surface area contributed by atoms with E-state index in [9.17, 15) is 0 Å². The van der Waals surface area contributed by atoms with Crippen molar-refractivity contribution in [1.29, 1.82) is 0 Å². The third-order valence-corrected chi connectivity index (χ3v) is 4.49. The first-order chi connectivity index (χ1) is 9.74. The molecule has 2 unspecified atom stereocenters. The van der Waals surface area contributed by atoms with Gasteiger partial charge in [0.25, 0.3) is 0 Å². The molecule has 4 nitrogen and oxygen atoms in total. The predicted molar refractivity (Wildman–Crippen MR) is 77.6 cm³/mol. The Hall–Kier alpha value is -1.26. The molecule has 1 fully saturated rings. The SMILES string of the molecule is COc1cc2c(cc1OC)C(C1CCCO1)N(C)CC2. The molecule has 110 valence electrons. The standard InChI is InChI=1S/C16H23NO3/c1-17-7-6-11-9-14(18-2)15(19-3)10-12(11)16(17)13-5-4-8-20-13/h9-10,13,16H,4-8H2,1-3H3. The molecule has 0 saturated carbocycles. The molecule has 0 N–H and O–H groups in total. The van der Waals surface area contributed by atoms with Crippen LogP contribution in [0.25, 0.3) is 0 Å². The van der Waals surface area contributed by atoms with Crippen molar-refractivity contribution in [3.05, 3.63) is 23.3 Å². The van der Waals surface area contributed by atoms with Gasteiger partial charge in [-0.3, -0.25) is 4.90 Å². The van der Waals surface area contributed by atoms with Crippen molar-refractivity contribution in [3.63, 3.8) is 0 Å². The first-order valence-corrected chi connectivity index (χ1v) is 7.31. The minimum atomic E-state index is 0.303. The van der Waals surface area contributed by atoms with E-state index in [1.165, 1.54) is 11.1 Å². The number of hydrogen-bond acceptors (Lipinski definition) is 4. The summed E-state index contributed by atoms with van der Waals surface area (Å²) in [6.07, 6.45) is 3.66. The largest absolute Gasteiger partial charge is 0.493 e. The minimum absolute atomic E-state index is 0.303. The highest BCUT2D eigenvalue weighted by Gasteiger charge is 2.35. The molecular formula is C16H23NO3. The Balaban J connectivity index is 2.02. The lowest BCUT2D eigenvalue weighted by Crippen LogP contribution is -2.39. The molecule has 2 aliphatic rings. The van der Waals surface area contributed by atoms with Crippen LogP contribution in [-0.2, 0) is 11.2 Å². The second kappa shape index (κ2) is 5.62. The van der Waals surface area contributed by atoms with Crippen molar-refractivity contribution in [3.8, 4) is 11.5 Å². The van der Waals surface area contributed by atoms with E-state index in [1.54, 1.807) is 14.2 Å². The number of rotatable bonds is 3. The molecule has 0 radical (unpaired) electrons. The summed E-state index contributed by atoms with van der Waals surface area (Å²) in [4.78, 5) is 2.41. The minimum Gasteiger partial charge on any atom is -0.493 e. The van der Waals surface area contributed by atoms with Crippen LogP contribution in [0.4, 0.5) is 0 Å². The number of likely N-dealkylation sites (N-methyl/N-ethyl adjacent to an activating group) is 1. The molecule has 1 saturated heterocycles. The molecule has 2 atom stereocenters. The summed E-state index contributed by atoms with van der Waals surface area (Å²) in [6, 6.07) is 4.60. The van der Waals surface area contributed by atoms with Crippen molar-refractivity contribution in [2.75, 3.05) is 34.4 Å². The zero-order valence-corrected chi connectivity index (χ0v) is 12.5. The zero-order chi connectivity index (χ0) is 14.1. The summed E-state index contributed by atoms with van der Waals surface area (Å²) < 4.78 is 16.8. The van der Waals surface area contributed by atoms with Gasteiger partial charge in [-0.1, -0.05) is 0 Å². The summed E-state index contributed by atoms with van der Waals surface area (Å²) in [5.41, 5.74) is 2.70. The average Bonchev–Trinajstić information content (AvgIpc) is 2.99. The zero-order valence-electron chi connectivity index (χ0n) is 12.5. The highest BCUT2D eigenvalue weighted by Crippen LogP contribution is 2.41. The first kappa shape index (κ1) is 13.7. The molecule has 0 amide bonds. The second-order valence-corrected chi connectivity index (χ2v) is 5.63. The Kier molecular flexibility index (Phi) is 3.85. The molecule has 4 heteroatoms. The highest BCUT2D eigenvalue weighted by atomic mass is 16.5. The third kappa shape index (κ3) is 2.27. The van der Waals surface area contributed by atoms with Crippen molar-refractivity contribution in [2.24, 2.45) is 0 Å². The number of hydrogen-bond donors (Lipinski definition) is 0. The van der Waals surface area contributed by atoms with Crippen LogP contribution in [0, 0.1) is 0 Å². The van der Waals surface area contributed by atoms with Crippen LogP contribution < -0.4 is 9.47 Å².